The Bertz CT molecular complexity index is 978. The molecule has 2 aromatic carbocycles. The quantitative estimate of drug-likeness (QED) is 0.266. The van der Waals surface area contributed by atoms with Crippen molar-refractivity contribution in [3.8, 4) is 17.2 Å². The molecule has 0 bridgehead atoms. The Morgan fingerprint density at radius 2 is 1.55 bits per heavy atom. The number of benzene rings is 2. The molecule has 0 radical (unpaired) electrons. The van der Waals surface area contributed by atoms with Crippen LogP contribution in [0.15, 0.2) is 42.5 Å². The molecule has 0 amide bonds. The lowest BCUT2D eigenvalue weighted by molar-refractivity contribution is -0.369. The number of Topliss-reactive ketones (excluding diaryl/α,β-unsaturated/α-hetero) is 1. The van der Waals surface area contributed by atoms with Crippen LogP contribution in [0.2, 0.25) is 0 Å². The number of phenols is 3. The van der Waals surface area contributed by atoms with Gasteiger partial charge in [-0.1, -0.05) is 6.07 Å². The number of ether oxygens (including phenoxy) is 3. The van der Waals surface area contributed by atoms with Crippen LogP contribution in [0.3, 0.4) is 0 Å². The molecule has 10 heteroatoms. The van der Waals surface area contributed by atoms with Gasteiger partial charge in [0.2, 0.25) is 0 Å². The van der Waals surface area contributed by atoms with Crippen molar-refractivity contribution in [2.75, 3.05) is 6.61 Å². The lowest BCUT2D eigenvalue weighted by Gasteiger charge is -2.48. The van der Waals surface area contributed by atoms with E-state index in [0.29, 0.717) is 11.1 Å². The molecule has 33 heavy (non-hydrogen) atoms. The predicted molar refractivity (Wildman–Crippen MR) is 112 cm³/mol. The van der Waals surface area contributed by atoms with Gasteiger partial charge in [-0.15, -0.1) is 0 Å². The van der Waals surface area contributed by atoms with Crippen molar-refractivity contribution in [3.05, 3.63) is 53.6 Å². The van der Waals surface area contributed by atoms with Crippen LogP contribution in [0, 0.1) is 0 Å². The minimum atomic E-state index is -1.41. The second kappa shape index (κ2) is 9.64. The largest absolute Gasteiger partial charge is 0.508 e. The van der Waals surface area contributed by atoms with E-state index in [1.165, 1.54) is 42.5 Å². The first-order valence-corrected chi connectivity index (χ1v) is 10.6. The summed E-state index contributed by atoms with van der Waals surface area (Å²) in [5.41, 5.74) is 0.839. The van der Waals surface area contributed by atoms with Crippen molar-refractivity contribution >= 4 is 5.78 Å². The molecule has 2 heterocycles. The number of aliphatic hydroxyl groups is 3. The Kier molecular flexibility index (Phi) is 6.84. The van der Waals surface area contributed by atoms with Gasteiger partial charge in [0.25, 0.3) is 0 Å². The molecule has 2 aromatic rings. The van der Waals surface area contributed by atoms with Crippen LogP contribution >= 0.6 is 0 Å². The van der Waals surface area contributed by atoms with E-state index < -0.39 is 49.5 Å². The van der Waals surface area contributed by atoms with E-state index in [9.17, 15) is 35.4 Å². The van der Waals surface area contributed by atoms with E-state index in [1.807, 2.05) is 0 Å². The Labute approximate surface area is 189 Å². The van der Waals surface area contributed by atoms with Crippen molar-refractivity contribution in [3.63, 3.8) is 0 Å². The maximum absolute atomic E-state index is 12.6. The van der Waals surface area contributed by atoms with Gasteiger partial charge in [0.1, 0.15) is 36.3 Å². The summed E-state index contributed by atoms with van der Waals surface area (Å²) in [6.07, 6.45) is -7.44. The second-order valence-corrected chi connectivity index (χ2v) is 8.16. The lowest BCUT2D eigenvalue weighted by Crippen LogP contribution is -2.63. The summed E-state index contributed by atoms with van der Waals surface area (Å²) in [6.45, 7) is -0.538. The highest BCUT2D eigenvalue weighted by Gasteiger charge is 2.51. The van der Waals surface area contributed by atoms with Gasteiger partial charge in [-0.05, 0) is 48.4 Å². The van der Waals surface area contributed by atoms with Crippen LogP contribution in [0.4, 0.5) is 0 Å². The van der Waals surface area contributed by atoms with Gasteiger partial charge in [0.15, 0.2) is 23.6 Å². The fourth-order valence-corrected chi connectivity index (χ4v) is 4.11. The van der Waals surface area contributed by atoms with E-state index in [0.717, 1.165) is 0 Å². The van der Waals surface area contributed by atoms with E-state index in [1.54, 1.807) is 0 Å². The van der Waals surface area contributed by atoms with E-state index >= 15 is 0 Å². The minimum Gasteiger partial charge on any atom is -0.508 e. The zero-order valence-electron chi connectivity index (χ0n) is 17.5. The van der Waals surface area contributed by atoms with Crippen LogP contribution in [-0.2, 0) is 14.2 Å². The number of hydrogen-bond acceptors (Lipinski definition) is 10. The highest BCUT2D eigenvalue weighted by atomic mass is 16.7. The highest BCUT2D eigenvalue weighted by molar-refractivity contribution is 5.96. The number of carbonyl (C=O) groups is 1. The molecule has 0 unspecified atom stereocenters. The summed E-state index contributed by atoms with van der Waals surface area (Å²) in [5, 5.41) is 59.1. The van der Waals surface area contributed by atoms with Gasteiger partial charge in [-0.3, -0.25) is 4.79 Å². The normalized spacial score (nSPS) is 31.7. The van der Waals surface area contributed by atoms with Crippen molar-refractivity contribution < 1.29 is 49.6 Å². The Balaban J connectivity index is 1.56. The number of aromatic hydroxyl groups is 3. The van der Waals surface area contributed by atoms with E-state index in [2.05, 4.69) is 0 Å². The third-order valence-corrected chi connectivity index (χ3v) is 5.95. The molecule has 0 saturated carbocycles. The smallest absolute Gasteiger partial charge is 0.187 e. The summed E-state index contributed by atoms with van der Waals surface area (Å²) in [4.78, 5) is 12.6. The monoisotopic (exact) mass is 462 g/mol. The number of rotatable bonds is 6. The number of aliphatic hydroxyl groups excluding tert-OH is 3. The third-order valence-electron chi connectivity index (χ3n) is 5.95. The standard InChI is InChI=1S/C23H26O10/c24-10-18-19(29)20(30)22-23(32-18)31-17(8-7-14(26)11-1-4-13(25)5-2-11)21(33-22)12-3-6-15(27)16(28)9-12/h1-6,9,17-25,27-30H,7-8,10H2/t17-,18-,19-,20+,21-,22-,23-/m1/s1. The number of carbonyl (C=O) groups excluding carboxylic acids is 1. The maximum atomic E-state index is 12.6. The first kappa shape index (κ1) is 23.4. The van der Waals surface area contributed by atoms with Crippen LogP contribution in [0.25, 0.3) is 0 Å². The van der Waals surface area contributed by atoms with E-state index in [4.69, 9.17) is 14.2 Å². The number of fused-ring (bicyclic) bond motifs is 1. The molecule has 2 saturated heterocycles. The molecule has 2 aliphatic rings. The van der Waals surface area contributed by atoms with Gasteiger partial charge in [-0.25, -0.2) is 0 Å². The van der Waals surface area contributed by atoms with Crippen LogP contribution < -0.4 is 0 Å². The molecule has 4 rings (SSSR count). The molecule has 0 spiro atoms. The zero-order chi connectivity index (χ0) is 23.7. The molecule has 0 aromatic heterocycles. The van der Waals surface area contributed by atoms with Gasteiger partial charge < -0.3 is 44.8 Å². The van der Waals surface area contributed by atoms with Crippen molar-refractivity contribution in [2.24, 2.45) is 0 Å². The fourth-order valence-electron chi connectivity index (χ4n) is 4.11. The van der Waals surface area contributed by atoms with Crippen LogP contribution in [0.5, 0.6) is 17.2 Å². The molecule has 6 N–H and O–H groups in total. The van der Waals surface area contributed by atoms with Gasteiger partial charge in [0, 0.05) is 12.0 Å². The minimum absolute atomic E-state index is 0.0439. The van der Waals surface area contributed by atoms with Crippen molar-refractivity contribution in [2.45, 2.75) is 55.8 Å². The molecule has 0 aliphatic carbocycles. The van der Waals surface area contributed by atoms with Gasteiger partial charge in [0.05, 0.1) is 12.7 Å². The lowest BCUT2D eigenvalue weighted by atomic mass is 9.93. The number of hydrogen-bond donors (Lipinski definition) is 6. The zero-order valence-corrected chi connectivity index (χ0v) is 17.5. The SMILES string of the molecule is O=C(CC[C@H]1O[C@@H]2O[C@H](CO)[C@@H](O)[C@H](O)[C@H]2O[C@@H]1c1ccc(O)c(O)c1)c1ccc(O)cc1. The topological polar surface area (TPSA) is 166 Å². The van der Waals surface area contributed by atoms with Gasteiger partial charge in [-0.2, -0.15) is 0 Å². The highest BCUT2D eigenvalue weighted by Crippen LogP contribution is 2.41. The predicted octanol–water partition coefficient (Wildman–Crippen LogP) is 0.731. The van der Waals surface area contributed by atoms with Crippen molar-refractivity contribution in [1.82, 2.24) is 0 Å². The maximum Gasteiger partial charge on any atom is 0.187 e. The molecule has 2 aliphatic heterocycles. The Morgan fingerprint density at radius 3 is 2.21 bits per heavy atom. The summed E-state index contributed by atoms with van der Waals surface area (Å²) in [5.74, 6) is -0.851. The molecular formula is C23H26O10. The van der Waals surface area contributed by atoms with Crippen LogP contribution in [-0.4, -0.2) is 79.8 Å². The third kappa shape index (κ3) is 4.81. The first-order valence-electron chi connectivity index (χ1n) is 10.6. The fraction of sp³-hybridized carbons (Fsp3) is 0.435. The summed E-state index contributed by atoms with van der Waals surface area (Å²) in [6, 6.07) is 9.94. The summed E-state index contributed by atoms with van der Waals surface area (Å²) >= 11 is 0. The Hall–Kier alpha value is -2.73. The summed E-state index contributed by atoms with van der Waals surface area (Å²) in [7, 11) is 0. The molecule has 7 atom stereocenters. The average molecular weight is 462 g/mol. The van der Waals surface area contributed by atoms with E-state index in [-0.39, 0.29) is 35.9 Å². The van der Waals surface area contributed by atoms with Gasteiger partial charge >= 0.3 is 0 Å². The second-order valence-electron chi connectivity index (χ2n) is 8.16. The molecule has 10 nitrogen and oxygen atoms in total. The Morgan fingerprint density at radius 1 is 0.848 bits per heavy atom. The first-order chi connectivity index (χ1) is 15.8. The summed E-state index contributed by atoms with van der Waals surface area (Å²) < 4.78 is 17.6. The number of phenolic OH excluding ortho intramolecular Hbond substituents is 3. The molecule has 178 valence electrons. The van der Waals surface area contributed by atoms with Crippen LogP contribution in [0.1, 0.15) is 34.9 Å². The number of ketones is 1. The van der Waals surface area contributed by atoms with Crippen molar-refractivity contribution in [1.29, 1.82) is 0 Å². The molecule has 2 fully saturated rings. The molecular weight excluding hydrogens is 436 g/mol. The average Bonchev–Trinajstić information content (AvgIpc) is 2.81.